The Morgan fingerprint density at radius 1 is 1.54 bits per heavy atom. The van der Waals surface area contributed by atoms with E-state index >= 15 is 0 Å². The molecule has 1 aliphatic rings. The average Bonchev–Trinajstić information content (AvgIpc) is 1.96. The maximum atomic E-state index is 10.9. The van der Waals surface area contributed by atoms with Crippen LogP contribution in [0.25, 0.3) is 0 Å². The van der Waals surface area contributed by atoms with Crippen molar-refractivity contribution >= 4 is 31.9 Å². The largest absolute Gasteiger partial charge is 0.264 e. The maximum absolute atomic E-state index is 10.9. The highest BCUT2D eigenvalue weighted by Gasteiger charge is 2.51. The molecule has 0 bridgehead atoms. The van der Waals surface area contributed by atoms with Crippen LogP contribution in [-0.2, 0) is 0 Å². The molecule has 5 heteroatoms. The third kappa shape index (κ3) is 1.72. The summed E-state index contributed by atoms with van der Waals surface area (Å²) in [6.45, 7) is 3.37. The van der Waals surface area contributed by atoms with Gasteiger partial charge >= 0.3 is 0 Å². The van der Waals surface area contributed by atoms with Crippen LogP contribution < -0.4 is 0 Å². The third-order valence-corrected chi connectivity index (χ3v) is 3.87. The Morgan fingerprint density at radius 2 is 2.08 bits per heavy atom. The highest BCUT2D eigenvalue weighted by Crippen LogP contribution is 2.41. The van der Waals surface area contributed by atoms with Gasteiger partial charge in [-0.25, -0.2) is 0 Å². The van der Waals surface area contributed by atoms with Crippen LogP contribution in [0, 0.1) is 10.1 Å². The van der Waals surface area contributed by atoms with Gasteiger partial charge in [0.2, 0.25) is 0 Å². The van der Waals surface area contributed by atoms with E-state index in [1.165, 1.54) is 0 Å². The molecule has 0 saturated heterocycles. The van der Waals surface area contributed by atoms with Crippen LogP contribution in [0.2, 0.25) is 0 Å². The van der Waals surface area contributed by atoms with Crippen molar-refractivity contribution in [2.75, 3.05) is 0 Å². The predicted octanol–water partition coefficient (Wildman–Crippen LogP) is 3.02. The third-order valence-electron chi connectivity index (χ3n) is 2.34. The second-order valence-corrected chi connectivity index (χ2v) is 5.91. The van der Waals surface area contributed by atoms with Gasteiger partial charge in [0.25, 0.3) is 5.54 Å². The van der Waals surface area contributed by atoms with E-state index in [2.05, 4.69) is 31.9 Å². The van der Waals surface area contributed by atoms with Gasteiger partial charge in [-0.05, 0) is 25.2 Å². The van der Waals surface area contributed by atoms with E-state index in [1.807, 2.05) is 0 Å². The normalized spacial score (nSPS) is 38.6. The fourth-order valence-corrected chi connectivity index (χ4v) is 2.52. The molecule has 0 N–H and O–H groups in total. The molecule has 13 heavy (non-hydrogen) atoms. The van der Waals surface area contributed by atoms with Gasteiger partial charge in [0, 0.05) is 16.3 Å². The second-order valence-electron chi connectivity index (χ2n) is 3.34. The van der Waals surface area contributed by atoms with Gasteiger partial charge < -0.3 is 0 Å². The maximum Gasteiger partial charge on any atom is 0.256 e. The number of hydrogen-bond acceptors (Lipinski definition) is 2. The molecule has 3 nitrogen and oxygen atoms in total. The highest BCUT2D eigenvalue weighted by molar-refractivity contribution is 9.12. The molecule has 0 aromatic carbocycles. The second kappa shape index (κ2) is 3.20. The quantitative estimate of drug-likeness (QED) is 0.424. The number of hydrogen-bond donors (Lipinski definition) is 0. The Morgan fingerprint density at radius 3 is 2.46 bits per heavy atom. The first-order valence-electron chi connectivity index (χ1n) is 3.70. The summed E-state index contributed by atoms with van der Waals surface area (Å²) in [6, 6.07) is 0. The molecular formula is C8H9Br2NO2. The van der Waals surface area contributed by atoms with Crippen molar-refractivity contribution in [1.82, 2.24) is 0 Å². The molecule has 0 saturated carbocycles. The molecule has 0 spiro atoms. The average molecular weight is 311 g/mol. The van der Waals surface area contributed by atoms with Crippen molar-refractivity contribution < 1.29 is 4.92 Å². The number of halogens is 2. The fraction of sp³-hybridized carbons (Fsp3) is 0.500. The van der Waals surface area contributed by atoms with Gasteiger partial charge in [-0.3, -0.25) is 10.1 Å². The van der Waals surface area contributed by atoms with E-state index in [9.17, 15) is 10.1 Å². The number of nitro groups is 1. The van der Waals surface area contributed by atoms with Crippen LogP contribution in [0.5, 0.6) is 0 Å². The molecule has 0 fully saturated rings. The summed E-state index contributed by atoms with van der Waals surface area (Å²) in [5.41, 5.74) is -1.09. The summed E-state index contributed by atoms with van der Waals surface area (Å²) in [7, 11) is 0. The van der Waals surface area contributed by atoms with E-state index in [4.69, 9.17) is 0 Å². The Kier molecular flexibility index (Phi) is 2.69. The summed E-state index contributed by atoms with van der Waals surface area (Å²) < 4.78 is 0.197. The predicted molar refractivity (Wildman–Crippen MR) is 58.9 cm³/mol. The van der Waals surface area contributed by atoms with Gasteiger partial charge in [-0.1, -0.05) is 31.9 Å². The molecule has 0 radical (unpaired) electrons. The molecule has 0 aromatic heterocycles. The Balaban J connectivity index is 3.18. The lowest BCUT2D eigenvalue weighted by Gasteiger charge is -2.32. The first kappa shape index (κ1) is 10.9. The van der Waals surface area contributed by atoms with E-state index in [0.717, 1.165) is 4.48 Å². The van der Waals surface area contributed by atoms with Gasteiger partial charge in [0.1, 0.15) is 4.32 Å². The van der Waals surface area contributed by atoms with Crippen LogP contribution in [0.15, 0.2) is 22.7 Å². The molecule has 0 aliphatic heterocycles. The number of rotatable bonds is 1. The summed E-state index contributed by atoms with van der Waals surface area (Å²) in [5, 5.41) is 10.9. The molecule has 0 aromatic rings. The lowest BCUT2D eigenvalue weighted by atomic mass is 9.84. The van der Waals surface area contributed by atoms with Crippen LogP contribution in [0.3, 0.4) is 0 Å². The minimum Gasteiger partial charge on any atom is -0.264 e. The molecular weight excluding hydrogens is 302 g/mol. The van der Waals surface area contributed by atoms with Crippen LogP contribution in [0.4, 0.5) is 0 Å². The summed E-state index contributed by atoms with van der Waals surface area (Å²) in [5.74, 6) is 0. The van der Waals surface area contributed by atoms with Crippen molar-refractivity contribution in [3.8, 4) is 0 Å². The monoisotopic (exact) mass is 309 g/mol. The smallest absolute Gasteiger partial charge is 0.256 e. The zero-order valence-corrected chi connectivity index (χ0v) is 10.4. The molecule has 72 valence electrons. The lowest BCUT2D eigenvalue weighted by Crippen LogP contribution is -2.50. The van der Waals surface area contributed by atoms with Crippen molar-refractivity contribution in [3.63, 3.8) is 0 Å². The van der Waals surface area contributed by atoms with E-state index in [0.29, 0.717) is 0 Å². The van der Waals surface area contributed by atoms with Crippen LogP contribution in [-0.4, -0.2) is 14.8 Å². The Labute approximate surface area is 93.3 Å². The molecule has 0 amide bonds. The van der Waals surface area contributed by atoms with Gasteiger partial charge in [0.05, 0.1) is 0 Å². The molecule has 1 rings (SSSR count). The van der Waals surface area contributed by atoms with Crippen molar-refractivity contribution in [2.45, 2.75) is 23.7 Å². The first-order valence-corrected chi connectivity index (χ1v) is 5.29. The minimum atomic E-state index is -1.09. The lowest BCUT2D eigenvalue weighted by molar-refractivity contribution is -0.553. The summed E-state index contributed by atoms with van der Waals surface area (Å²) in [6.07, 6.45) is 5.08. The Hall–Kier alpha value is -0.160. The van der Waals surface area contributed by atoms with Crippen LogP contribution in [0.1, 0.15) is 13.8 Å². The topological polar surface area (TPSA) is 43.1 Å². The standard InChI is InChI=1S/C8H9Br2NO2/c1-7(10)5-6(9)3-4-8(7,2)11(12)13/h3-5H,1-2H3. The molecule has 0 heterocycles. The van der Waals surface area contributed by atoms with E-state index < -0.39 is 9.86 Å². The summed E-state index contributed by atoms with van der Waals surface area (Å²) in [4.78, 5) is 10.6. The van der Waals surface area contributed by atoms with Gasteiger partial charge in [0.15, 0.2) is 0 Å². The first-order chi connectivity index (χ1) is 5.79. The van der Waals surface area contributed by atoms with E-state index in [-0.39, 0.29) is 4.92 Å². The Bertz CT molecular complexity index is 309. The summed E-state index contributed by atoms with van der Waals surface area (Å²) >= 11 is 6.64. The van der Waals surface area contributed by atoms with Crippen molar-refractivity contribution in [1.29, 1.82) is 0 Å². The van der Waals surface area contributed by atoms with E-state index in [1.54, 1.807) is 32.1 Å². The van der Waals surface area contributed by atoms with Crippen molar-refractivity contribution in [2.24, 2.45) is 0 Å². The highest BCUT2D eigenvalue weighted by atomic mass is 79.9. The van der Waals surface area contributed by atoms with Gasteiger partial charge in [-0.15, -0.1) is 0 Å². The zero-order valence-electron chi connectivity index (χ0n) is 7.25. The zero-order chi connectivity index (χ0) is 10.3. The van der Waals surface area contributed by atoms with Gasteiger partial charge in [-0.2, -0.15) is 0 Å². The fourth-order valence-electron chi connectivity index (χ4n) is 1.10. The molecule has 2 atom stereocenters. The minimum absolute atomic E-state index is 0.284. The molecule has 1 aliphatic carbocycles. The number of allylic oxidation sites excluding steroid dienone is 2. The number of nitrogens with zero attached hydrogens (tertiary/aromatic N) is 1. The SMILES string of the molecule is CC1(Br)C=C(Br)C=CC1(C)[N+](=O)[O-]. The number of alkyl halides is 1. The van der Waals surface area contributed by atoms with Crippen molar-refractivity contribution in [3.05, 3.63) is 32.8 Å². The molecule has 2 unspecified atom stereocenters. The van der Waals surface area contributed by atoms with Crippen LogP contribution >= 0.6 is 31.9 Å².